The summed E-state index contributed by atoms with van der Waals surface area (Å²) in [5, 5.41) is 9.51. The second-order valence-corrected chi connectivity index (χ2v) is 11.1. The van der Waals surface area contributed by atoms with Crippen LogP contribution in [0, 0.1) is 0 Å². The van der Waals surface area contributed by atoms with E-state index in [9.17, 15) is 13.5 Å². The molecule has 32 heavy (non-hydrogen) atoms. The second kappa shape index (κ2) is 26.5. The molecular weight excluding hydrogens is 431 g/mol. The van der Waals surface area contributed by atoms with E-state index in [-0.39, 0.29) is 29.6 Å². The third-order valence-corrected chi connectivity index (χ3v) is 7.10. The predicted octanol–water partition coefficient (Wildman–Crippen LogP) is 7.58. The molecule has 6 heteroatoms. The fourth-order valence-corrected chi connectivity index (χ4v) is 4.97. The Morgan fingerprint density at radius 1 is 0.531 bits per heavy atom. The Labute approximate surface area is 223 Å². The molecular formula is C26H55NaO4S. The van der Waals surface area contributed by atoms with Gasteiger partial charge in [-0.25, -0.2) is 0 Å². The van der Waals surface area contributed by atoms with Crippen LogP contribution in [0.4, 0.5) is 0 Å². The van der Waals surface area contributed by atoms with Gasteiger partial charge in [-0.15, -0.1) is 0 Å². The van der Waals surface area contributed by atoms with Crippen LogP contribution in [0.3, 0.4) is 0 Å². The molecule has 0 heterocycles. The van der Waals surface area contributed by atoms with E-state index in [1.54, 1.807) is 0 Å². The first-order valence-corrected chi connectivity index (χ1v) is 15.2. The zero-order chi connectivity index (χ0) is 23.0. The van der Waals surface area contributed by atoms with E-state index in [0.29, 0.717) is 6.42 Å². The molecule has 0 aromatic heterocycles. The summed E-state index contributed by atoms with van der Waals surface area (Å²) in [4.78, 5) is 0. The van der Waals surface area contributed by atoms with Gasteiger partial charge in [0.25, 0.3) is 10.1 Å². The summed E-state index contributed by atoms with van der Waals surface area (Å²) in [6.07, 6.45) is 29.0. The van der Waals surface area contributed by atoms with Crippen LogP contribution in [-0.2, 0) is 10.1 Å². The third-order valence-electron chi connectivity index (χ3n) is 6.29. The van der Waals surface area contributed by atoms with Crippen molar-refractivity contribution in [1.29, 1.82) is 0 Å². The molecule has 1 atom stereocenters. The van der Waals surface area contributed by atoms with Crippen molar-refractivity contribution in [3.63, 3.8) is 0 Å². The molecule has 2 N–H and O–H groups in total. The molecule has 0 aromatic rings. The Balaban J connectivity index is 0. The average Bonchev–Trinajstić information content (AvgIpc) is 2.70. The molecule has 0 aliphatic carbocycles. The van der Waals surface area contributed by atoms with E-state index in [1.165, 1.54) is 122 Å². The maximum atomic E-state index is 10.7. The van der Waals surface area contributed by atoms with Gasteiger partial charge < -0.3 is 5.11 Å². The zero-order valence-corrected chi connectivity index (χ0v) is 21.5. The molecule has 1 unspecified atom stereocenters. The molecule has 0 saturated carbocycles. The van der Waals surface area contributed by atoms with Crippen molar-refractivity contribution in [3.8, 4) is 0 Å². The summed E-state index contributed by atoms with van der Waals surface area (Å²) < 4.78 is 30.0. The number of aliphatic hydroxyl groups is 1. The van der Waals surface area contributed by atoms with E-state index in [0.717, 1.165) is 19.3 Å². The van der Waals surface area contributed by atoms with Crippen molar-refractivity contribution >= 4 is 39.7 Å². The summed E-state index contributed by atoms with van der Waals surface area (Å²) in [5.74, 6) is -0.535. The van der Waals surface area contributed by atoms with Crippen LogP contribution in [-0.4, -0.2) is 59.5 Å². The first-order chi connectivity index (χ1) is 15.0. The minimum atomic E-state index is -4.05. The van der Waals surface area contributed by atoms with Crippen molar-refractivity contribution < 1.29 is 18.1 Å². The summed E-state index contributed by atoms with van der Waals surface area (Å²) in [7, 11) is -4.05. The molecule has 0 aliphatic heterocycles. The fourth-order valence-electron chi connectivity index (χ4n) is 4.32. The van der Waals surface area contributed by atoms with Gasteiger partial charge >= 0.3 is 29.6 Å². The summed E-state index contributed by atoms with van der Waals surface area (Å²) in [5.41, 5.74) is 0. The van der Waals surface area contributed by atoms with Crippen LogP contribution >= 0.6 is 0 Å². The Bertz CT molecular complexity index is 457. The van der Waals surface area contributed by atoms with E-state index >= 15 is 0 Å². The van der Waals surface area contributed by atoms with E-state index in [2.05, 4.69) is 6.92 Å². The Kier molecular flexibility index (Phi) is 29.0. The topological polar surface area (TPSA) is 74.6 Å². The predicted molar refractivity (Wildman–Crippen MR) is 141 cm³/mol. The molecule has 0 amide bonds. The quantitative estimate of drug-likeness (QED) is 0.0792. The van der Waals surface area contributed by atoms with Crippen molar-refractivity contribution in [1.82, 2.24) is 0 Å². The van der Waals surface area contributed by atoms with Gasteiger partial charge in [-0.2, -0.15) is 8.42 Å². The van der Waals surface area contributed by atoms with Crippen molar-refractivity contribution in [3.05, 3.63) is 0 Å². The van der Waals surface area contributed by atoms with Gasteiger partial charge in [0.05, 0.1) is 6.10 Å². The normalized spacial score (nSPS) is 12.6. The molecule has 0 rings (SSSR count). The van der Waals surface area contributed by atoms with E-state index < -0.39 is 22.0 Å². The number of rotatable bonds is 25. The molecule has 0 radical (unpaired) electrons. The van der Waals surface area contributed by atoms with Gasteiger partial charge in [0.15, 0.2) is 0 Å². The van der Waals surface area contributed by atoms with E-state index in [4.69, 9.17) is 4.55 Å². The maximum absolute atomic E-state index is 10.7. The van der Waals surface area contributed by atoms with Crippen LogP contribution in [0.25, 0.3) is 0 Å². The fraction of sp³-hybridized carbons (Fsp3) is 1.00. The molecule has 0 aromatic carbocycles. The van der Waals surface area contributed by atoms with Gasteiger partial charge in [-0.3, -0.25) is 4.55 Å². The summed E-state index contributed by atoms with van der Waals surface area (Å²) >= 11 is 0. The van der Waals surface area contributed by atoms with Crippen molar-refractivity contribution in [2.45, 2.75) is 161 Å². The van der Waals surface area contributed by atoms with Crippen molar-refractivity contribution in [2.75, 3.05) is 5.75 Å². The van der Waals surface area contributed by atoms with Crippen LogP contribution in [0.15, 0.2) is 0 Å². The standard InChI is InChI=1S/C26H54O4S.Na.H/c1-2-3-4-5-6-7-8-9-10-11-12-13-14-15-16-17-18-19-20-21-22-23-24-26(27)25-31(28,29)30;;/h26-27H,2-25H2,1H3,(H,28,29,30);;. The molecule has 190 valence electrons. The summed E-state index contributed by atoms with van der Waals surface area (Å²) in [6, 6.07) is 0. The van der Waals surface area contributed by atoms with Gasteiger partial charge in [0, 0.05) is 0 Å². The molecule has 4 nitrogen and oxygen atoms in total. The van der Waals surface area contributed by atoms with Gasteiger partial charge in [0.2, 0.25) is 0 Å². The van der Waals surface area contributed by atoms with Gasteiger partial charge in [0.1, 0.15) is 5.75 Å². The molecule has 0 aliphatic rings. The van der Waals surface area contributed by atoms with Crippen molar-refractivity contribution in [2.24, 2.45) is 0 Å². The second-order valence-electron chi connectivity index (χ2n) is 9.62. The first-order valence-electron chi connectivity index (χ1n) is 13.6. The Hall–Kier alpha value is 0.870. The average molecular weight is 487 g/mol. The van der Waals surface area contributed by atoms with Crippen LogP contribution in [0.1, 0.15) is 155 Å². The van der Waals surface area contributed by atoms with Crippen LogP contribution in [0.2, 0.25) is 0 Å². The minimum absolute atomic E-state index is 0. The molecule has 0 bridgehead atoms. The zero-order valence-electron chi connectivity index (χ0n) is 20.7. The molecule has 0 fully saturated rings. The third kappa shape index (κ3) is 30.9. The van der Waals surface area contributed by atoms with Gasteiger partial charge in [-0.1, -0.05) is 148 Å². The number of aliphatic hydroxyl groups excluding tert-OH is 1. The van der Waals surface area contributed by atoms with Gasteiger partial charge in [-0.05, 0) is 6.42 Å². The number of hydrogen-bond donors (Lipinski definition) is 2. The number of unbranched alkanes of at least 4 members (excludes halogenated alkanes) is 21. The first kappa shape index (κ1) is 35.0. The number of hydrogen-bond acceptors (Lipinski definition) is 3. The van der Waals surface area contributed by atoms with E-state index in [1.807, 2.05) is 0 Å². The van der Waals surface area contributed by atoms with Crippen LogP contribution in [0.5, 0.6) is 0 Å². The molecule has 0 saturated heterocycles. The SMILES string of the molecule is CCCCCCCCCCCCCCCCCCCCCCCCC(O)CS(=O)(=O)O.[NaH]. The van der Waals surface area contributed by atoms with Crippen LogP contribution < -0.4 is 0 Å². The Morgan fingerprint density at radius 3 is 1.03 bits per heavy atom. The molecule has 0 spiro atoms. The monoisotopic (exact) mass is 486 g/mol. The summed E-state index contributed by atoms with van der Waals surface area (Å²) in [6.45, 7) is 2.28. The Morgan fingerprint density at radius 2 is 0.781 bits per heavy atom.